The summed E-state index contributed by atoms with van der Waals surface area (Å²) in [5, 5.41) is 5.68. The average molecular weight is 368 g/mol. The Hall–Kier alpha value is -2.57. The van der Waals surface area contributed by atoms with E-state index < -0.39 is 0 Å². The molecule has 6 heteroatoms. The third-order valence-electron chi connectivity index (χ3n) is 3.79. The number of nitrogens with one attached hydrogen (secondary N) is 1. The molecule has 0 aliphatic rings. The molecule has 0 aliphatic heterocycles. The minimum atomic E-state index is -0.298. The Labute approximate surface area is 151 Å². The van der Waals surface area contributed by atoms with E-state index in [4.69, 9.17) is 0 Å². The number of hydrogen-bond donors (Lipinski definition) is 1. The first-order valence-electron chi connectivity index (χ1n) is 7.66. The fourth-order valence-electron chi connectivity index (χ4n) is 2.61. The number of carbonyl (C=O) groups is 1. The number of amides is 1. The molecule has 0 radical (unpaired) electrons. The van der Waals surface area contributed by atoms with E-state index >= 15 is 0 Å². The first-order valence-corrected chi connectivity index (χ1v) is 9.35. The van der Waals surface area contributed by atoms with Crippen molar-refractivity contribution in [1.29, 1.82) is 0 Å². The second-order valence-corrected chi connectivity index (χ2v) is 7.50. The maximum atomic E-state index is 13.3. The monoisotopic (exact) mass is 368 g/mol. The molecule has 0 saturated heterocycles. The van der Waals surface area contributed by atoms with Gasteiger partial charge in [0, 0.05) is 17.4 Å². The molecule has 0 bridgehead atoms. The summed E-state index contributed by atoms with van der Waals surface area (Å²) in [5.74, 6) is -0.462. The van der Waals surface area contributed by atoms with Crippen LogP contribution in [0.5, 0.6) is 0 Å². The number of rotatable bonds is 4. The number of carbonyl (C=O) groups excluding carboxylic acids is 1. The van der Waals surface area contributed by atoms with Crippen molar-refractivity contribution in [1.82, 2.24) is 10.3 Å². The highest BCUT2D eigenvalue weighted by atomic mass is 32.1. The molecule has 0 unspecified atom stereocenters. The largest absolute Gasteiger partial charge is 0.347 e. The number of halogens is 1. The molecule has 4 rings (SSSR count). The molecule has 0 spiro atoms. The summed E-state index contributed by atoms with van der Waals surface area (Å²) in [4.78, 5) is 18.5. The van der Waals surface area contributed by atoms with E-state index in [0.717, 1.165) is 26.2 Å². The van der Waals surface area contributed by atoms with Crippen LogP contribution in [0.4, 0.5) is 4.39 Å². The van der Waals surface area contributed by atoms with Gasteiger partial charge in [-0.2, -0.15) is 0 Å². The van der Waals surface area contributed by atoms with Crippen molar-refractivity contribution >= 4 is 38.7 Å². The predicted octanol–water partition coefficient (Wildman–Crippen LogP) is 5.09. The normalized spacial score (nSPS) is 10.9. The van der Waals surface area contributed by atoms with Gasteiger partial charge < -0.3 is 5.32 Å². The number of pyridine rings is 1. The van der Waals surface area contributed by atoms with Crippen LogP contribution in [-0.4, -0.2) is 10.9 Å². The van der Waals surface area contributed by atoms with Gasteiger partial charge >= 0.3 is 0 Å². The molecular formula is C19H13FN2OS2. The van der Waals surface area contributed by atoms with E-state index in [-0.39, 0.29) is 11.7 Å². The van der Waals surface area contributed by atoms with Crippen molar-refractivity contribution < 1.29 is 9.18 Å². The summed E-state index contributed by atoms with van der Waals surface area (Å²) in [7, 11) is 0. The molecular weight excluding hydrogens is 355 g/mol. The molecule has 1 aromatic carbocycles. The Balaban J connectivity index is 1.54. The number of benzene rings is 1. The Morgan fingerprint density at radius 2 is 2.08 bits per heavy atom. The summed E-state index contributed by atoms with van der Waals surface area (Å²) in [5.41, 5.74) is 1.85. The van der Waals surface area contributed by atoms with Gasteiger partial charge in [0.15, 0.2) is 0 Å². The van der Waals surface area contributed by atoms with Crippen LogP contribution in [-0.2, 0) is 6.54 Å². The average Bonchev–Trinajstić information content (AvgIpc) is 3.29. The van der Waals surface area contributed by atoms with Gasteiger partial charge in [-0.25, -0.2) is 4.39 Å². The molecule has 0 saturated carbocycles. The number of hydrogen-bond acceptors (Lipinski definition) is 4. The molecule has 0 aliphatic carbocycles. The van der Waals surface area contributed by atoms with E-state index in [0.29, 0.717) is 11.4 Å². The van der Waals surface area contributed by atoms with Crippen LogP contribution >= 0.6 is 22.7 Å². The Bertz CT molecular complexity index is 1040. The molecule has 3 aromatic heterocycles. The van der Waals surface area contributed by atoms with Crippen molar-refractivity contribution in [2.75, 3.05) is 0 Å². The molecule has 4 aromatic rings. The molecule has 0 fully saturated rings. The molecule has 0 atom stereocenters. The van der Waals surface area contributed by atoms with Gasteiger partial charge in [-0.3, -0.25) is 9.78 Å². The van der Waals surface area contributed by atoms with Crippen molar-refractivity contribution in [2.24, 2.45) is 0 Å². The van der Waals surface area contributed by atoms with Crippen LogP contribution in [0.2, 0.25) is 0 Å². The van der Waals surface area contributed by atoms with Gasteiger partial charge in [-0.15, -0.1) is 22.7 Å². The highest BCUT2D eigenvalue weighted by Crippen LogP contribution is 2.27. The second kappa shape index (κ2) is 6.74. The lowest BCUT2D eigenvalue weighted by Crippen LogP contribution is -2.22. The smallest absolute Gasteiger partial charge is 0.261 e. The zero-order valence-corrected chi connectivity index (χ0v) is 14.7. The van der Waals surface area contributed by atoms with Crippen LogP contribution < -0.4 is 5.32 Å². The quantitative estimate of drug-likeness (QED) is 0.545. The number of aromatic nitrogens is 1. The minimum Gasteiger partial charge on any atom is -0.347 e. The summed E-state index contributed by atoms with van der Waals surface area (Å²) in [6.07, 6.45) is 1.75. The van der Waals surface area contributed by atoms with Gasteiger partial charge in [0.25, 0.3) is 5.91 Å². The molecule has 1 N–H and O–H groups in total. The van der Waals surface area contributed by atoms with Gasteiger partial charge in [0.1, 0.15) is 5.82 Å². The highest BCUT2D eigenvalue weighted by molar-refractivity contribution is 7.20. The van der Waals surface area contributed by atoms with Gasteiger partial charge in [-0.05, 0) is 52.7 Å². The topological polar surface area (TPSA) is 42.0 Å². The Morgan fingerprint density at radius 3 is 2.92 bits per heavy atom. The second-order valence-electron chi connectivity index (χ2n) is 5.46. The third kappa shape index (κ3) is 3.31. The van der Waals surface area contributed by atoms with E-state index in [1.165, 1.54) is 23.5 Å². The van der Waals surface area contributed by atoms with Crippen LogP contribution in [0.15, 0.2) is 60.1 Å². The van der Waals surface area contributed by atoms with Crippen LogP contribution in [0.1, 0.15) is 15.2 Å². The van der Waals surface area contributed by atoms with Gasteiger partial charge in [0.2, 0.25) is 0 Å². The van der Waals surface area contributed by atoms with E-state index in [1.807, 2.05) is 29.6 Å². The van der Waals surface area contributed by atoms with E-state index in [1.54, 1.807) is 29.7 Å². The SMILES string of the molecule is O=C(NCc1cccnc1-c1cccs1)c1cc2cc(F)ccc2s1. The Kier molecular flexibility index (Phi) is 4.29. The zero-order valence-electron chi connectivity index (χ0n) is 13.0. The fraction of sp³-hybridized carbons (Fsp3) is 0.0526. The van der Waals surface area contributed by atoms with Crippen LogP contribution in [0.3, 0.4) is 0 Å². The summed E-state index contributed by atoms with van der Waals surface area (Å²) >= 11 is 2.98. The first-order chi connectivity index (χ1) is 12.2. The third-order valence-corrected chi connectivity index (χ3v) is 5.78. The lowest BCUT2D eigenvalue weighted by molar-refractivity contribution is 0.0955. The molecule has 124 valence electrons. The summed E-state index contributed by atoms with van der Waals surface area (Å²) < 4.78 is 14.2. The van der Waals surface area contributed by atoms with Gasteiger partial charge in [0.05, 0.1) is 15.4 Å². The predicted molar refractivity (Wildman–Crippen MR) is 101 cm³/mol. The molecule has 3 nitrogen and oxygen atoms in total. The minimum absolute atomic E-state index is 0.164. The van der Waals surface area contributed by atoms with Crippen LogP contribution in [0, 0.1) is 5.82 Å². The Morgan fingerprint density at radius 1 is 1.16 bits per heavy atom. The summed E-state index contributed by atoms with van der Waals surface area (Å²) in [6, 6.07) is 14.1. The summed E-state index contributed by atoms with van der Waals surface area (Å²) in [6.45, 7) is 0.391. The fourth-order valence-corrected chi connectivity index (χ4v) is 4.32. The van der Waals surface area contributed by atoms with Gasteiger partial charge in [-0.1, -0.05) is 12.1 Å². The lowest BCUT2D eigenvalue weighted by atomic mass is 10.1. The first kappa shape index (κ1) is 15.9. The van der Waals surface area contributed by atoms with Crippen molar-refractivity contribution in [3.8, 4) is 10.6 Å². The number of nitrogens with zero attached hydrogens (tertiary/aromatic N) is 1. The van der Waals surface area contributed by atoms with Crippen molar-refractivity contribution in [3.63, 3.8) is 0 Å². The lowest BCUT2D eigenvalue weighted by Gasteiger charge is -2.08. The van der Waals surface area contributed by atoms with E-state index in [9.17, 15) is 9.18 Å². The van der Waals surface area contributed by atoms with Crippen molar-refractivity contribution in [3.05, 3.63) is 76.4 Å². The highest BCUT2D eigenvalue weighted by Gasteiger charge is 2.13. The maximum Gasteiger partial charge on any atom is 0.261 e. The maximum absolute atomic E-state index is 13.3. The zero-order chi connectivity index (χ0) is 17.2. The standard InChI is InChI=1S/C19H13FN2OS2/c20-14-5-6-15-13(9-14)10-17(25-15)19(23)22-11-12-3-1-7-21-18(12)16-4-2-8-24-16/h1-10H,11H2,(H,22,23). The van der Waals surface area contributed by atoms with Crippen LogP contribution in [0.25, 0.3) is 20.7 Å². The molecule has 3 heterocycles. The number of fused-ring (bicyclic) bond motifs is 1. The van der Waals surface area contributed by atoms with Crippen molar-refractivity contribution in [2.45, 2.75) is 6.54 Å². The molecule has 1 amide bonds. The number of thiophene rings is 2. The van der Waals surface area contributed by atoms with E-state index in [2.05, 4.69) is 10.3 Å². The molecule has 25 heavy (non-hydrogen) atoms.